The van der Waals surface area contributed by atoms with E-state index in [1.807, 2.05) is 0 Å². The fraction of sp³-hybridized carbons (Fsp3) is 0.300. The molecule has 1 aromatic rings. The standard InChI is InChI=1S/C10H10ClNO3S/c1-6-9(13)10(16(14,15)12-6)7-4-2-3-5-8(7)11/h2-6,10,12H,1H3. The zero-order valence-corrected chi connectivity index (χ0v) is 10.0. The molecule has 1 saturated heterocycles. The summed E-state index contributed by atoms with van der Waals surface area (Å²) in [5.74, 6) is -0.367. The molecule has 1 aliphatic rings. The van der Waals surface area contributed by atoms with E-state index in [4.69, 9.17) is 11.6 Å². The average Bonchev–Trinajstić information content (AvgIpc) is 2.38. The van der Waals surface area contributed by atoms with Crippen LogP contribution < -0.4 is 4.72 Å². The van der Waals surface area contributed by atoms with Crippen LogP contribution >= 0.6 is 11.6 Å². The van der Waals surface area contributed by atoms with E-state index in [0.29, 0.717) is 10.6 Å². The third-order valence-corrected chi connectivity index (χ3v) is 4.66. The molecule has 1 heterocycles. The molecule has 1 N–H and O–H groups in total. The largest absolute Gasteiger partial charge is 0.296 e. The summed E-state index contributed by atoms with van der Waals surface area (Å²) >= 11 is 5.90. The number of carbonyl (C=O) groups is 1. The highest BCUT2D eigenvalue weighted by atomic mass is 35.5. The van der Waals surface area contributed by atoms with Crippen LogP contribution in [0, 0.1) is 0 Å². The van der Waals surface area contributed by atoms with Gasteiger partial charge in [0, 0.05) is 5.02 Å². The summed E-state index contributed by atoms with van der Waals surface area (Å²) in [4.78, 5) is 11.8. The van der Waals surface area contributed by atoms with Gasteiger partial charge in [0.25, 0.3) is 0 Å². The van der Waals surface area contributed by atoms with Gasteiger partial charge in [0.1, 0.15) is 0 Å². The van der Waals surface area contributed by atoms with Gasteiger partial charge in [0.2, 0.25) is 10.0 Å². The van der Waals surface area contributed by atoms with Crippen LogP contribution in [0.25, 0.3) is 0 Å². The Morgan fingerprint density at radius 3 is 2.44 bits per heavy atom. The van der Waals surface area contributed by atoms with Crippen LogP contribution in [0.3, 0.4) is 0 Å². The maximum absolute atomic E-state index is 11.8. The number of rotatable bonds is 1. The van der Waals surface area contributed by atoms with Gasteiger partial charge >= 0.3 is 0 Å². The molecule has 0 aliphatic carbocycles. The summed E-state index contributed by atoms with van der Waals surface area (Å²) in [6.07, 6.45) is 0. The molecule has 0 bridgehead atoms. The molecule has 0 aromatic heterocycles. The van der Waals surface area contributed by atoms with Crippen molar-refractivity contribution in [2.75, 3.05) is 0 Å². The summed E-state index contributed by atoms with van der Waals surface area (Å²) in [5, 5.41) is -0.892. The predicted octanol–water partition coefficient (Wildman–Crippen LogP) is 1.27. The molecule has 0 saturated carbocycles. The van der Waals surface area contributed by atoms with E-state index in [9.17, 15) is 13.2 Å². The van der Waals surface area contributed by atoms with Crippen molar-refractivity contribution in [3.63, 3.8) is 0 Å². The normalized spacial score (nSPS) is 28.2. The lowest BCUT2D eigenvalue weighted by Crippen LogP contribution is -2.25. The van der Waals surface area contributed by atoms with Gasteiger partial charge in [-0.25, -0.2) is 13.1 Å². The van der Waals surface area contributed by atoms with Gasteiger partial charge in [-0.05, 0) is 18.6 Å². The molecular formula is C10H10ClNO3S. The topological polar surface area (TPSA) is 63.2 Å². The first-order valence-electron chi connectivity index (χ1n) is 4.73. The summed E-state index contributed by atoms with van der Waals surface area (Å²) in [6, 6.07) is 5.79. The number of benzene rings is 1. The van der Waals surface area contributed by atoms with E-state index in [1.165, 1.54) is 6.92 Å². The third kappa shape index (κ3) is 1.75. The smallest absolute Gasteiger partial charge is 0.226 e. The number of nitrogens with one attached hydrogen (secondary N) is 1. The minimum Gasteiger partial charge on any atom is -0.296 e. The zero-order valence-electron chi connectivity index (χ0n) is 8.48. The van der Waals surface area contributed by atoms with Crippen LogP contribution in [0.15, 0.2) is 24.3 Å². The fourth-order valence-electron chi connectivity index (χ4n) is 1.76. The lowest BCUT2D eigenvalue weighted by molar-refractivity contribution is -0.119. The number of sulfonamides is 1. The van der Waals surface area contributed by atoms with Crippen LogP contribution in [-0.4, -0.2) is 20.2 Å². The van der Waals surface area contributed by atoms with E-state index in [-0.39, 0.29) is 5.78 Å². The van der Waals surface area contributed by atoms with Crippen molar-refractivity contribution in [1.82, 2.24) is 4.72 Å². The van der Waals surface area contributed by atoms with Crippen molar-refractivity contribution in [2.45, 2.75) is 18.2 Å². The maximum Gasteiger partial charge on any atom is 0.226 e. The second kappa shape index (κ2) is 3.84. The van der Waals surface area contributed by atoms with Crippen LogP contribution in [0.1, 0.15) is 17.7 Å². The molecule has 0 radical (unpaired) electrons. The SMILES string of the molecule is CC1NS(=O)(=O)C(c2ccccc2Cl)C1=O. The number of halogens is 1. The van der Waals surface area contributed by atoms with Crippen LogP contribution in [-0.2, 0) is 14.8 Å². The van der Waals surface area contributed by atoms with Gasteiger partial charge in [0.05, 0.1) is 6.04 Å². The highest BCUT2D eigenvalue weighted by molar-refractivity contribution is 7.91. The maximum atomic E-state index is 11.8. The van der Waals surface area contributed by atoms with E-state index in [1.54, 1.807) is 24.3 Å². The highest BCUT2D eigenvalue weighted by Crippen LogP contribution is 2.33. The molecular weight excluding hydrogens is 250 g/mol. The molecule has 0 spiro atoms. The molecule has 2 rings (SSSR count). The number of Topliss-reactive ketones (excluding diaryl/α,β-unsaturated/α-hetero) is 1. The number of carbonyl (C=O) groups excluding carboxylic acids is 1. The second-order valence-electron chi connectivity index (χ2n) is 3.69. The van der Waals surface area contributed by atoms with Crippen molar-refractivity contribution in [1.29, 1.82) is 0 Å². The molecule has 1 aliphatic heterocycles. The van der Waals surface area contributed by atoms with Crippen LogP contribution in [0.4, 0.5) is 0 Å². The van der Waals surface area contributed by atoms with Crippen molar-refractivity contribution in [2.24, 2.45) is 0 Å². The van der Waals surface area contributed by atoms with Crippen molar-refractivity contribution >= 4 is 27.4 Å². The van der Waals surface area contributed by atoms with Gasteiger partial charge < -0.3 is 0 Å². The Hall–Kier alpha value is -0.910. The fourth-order valence-corrected chi connectivity index (χ4v) is 3.87. The first kappa shape index (κ1) is 11.6. The first-order chi connectivity index (χ1) is 7.43. The van der Waals surface area contributed by atoms with Gasteiger partial charge in [0.15, 0.2) is 11.0 Å². The van der Waals surface area contributed by atoms with Gasteiger partial charge in [-0.3, -0.25) is 4.79 Å². The van der Waals surface area contributed by atoms with Crippen molar-refractivity contribution < 1.29 is 13.2 Å². The molecule has 1 fully saturated rings. The quantitative estimate of drug-likeness (QED) is 0.826. The lowest BCUT2D eigenvalue weighted by atomic mass is 10.0. The lowest BCUT2D eigenvalue weighted by Gasteiger charge is -2.09. The Balaban J connectivity index is 2.57. The van der Waals surface area contributed by atoms with Gasteiger partial charge in [-0.15, -0.1) is 0 Å². The second-order valence-corrected chi connectivity index (χ2v) is 5.89. The van der Waals surface area contributed by atoms with Crippen LogP contribution in [0.2, 0.25) is 5.02 Å². The van der Waals surface area contributed by atoms with E-state index < -0.39 is 21.3 Å². The third-order valence-electron chi connectivity index (χ3n) is 2.52. The minimum atomic E-state index is -3.64. The highest BCUT2D eigenvalue weighted by Gasteiger charge is 2.45. The van der Waals surface area contributed by atoms with Crippen molar-refractivity contribution in [3.05, 3.63) is 34.9 Å². The monoisotopic (exact) mass is 259 g/mol. The zero-order chi connectivity index (χ0) is 11.9. The minimum absolute atomic E-state index is 0.292. The Kier molecular flexibility index (Phi) is 2.77. The molecule has 1 aromatic carbocycles. The van der Waals surface area contributed by atoms with Crippen LogP contribution in [0.5, 0.6) is 0 Å². The molecule has 86 valence electrons. The van der Waals surface area contributed by atoms with Gasteiger partial charge in [-0.1, -0.05) is 29.8 Å². The Labute approximate surface area is 98.7 Å². The number of hydrogen-bond donors (Lipinski definition) is 1. The Morgan fingerprint density at radius 2 is 1.94 bits per heavy atom. The number of ketones is 1. The summed E-state index contributed by atoms with van der Waals surface area (Å²) in [6.45, 7) is 1.52. The summed E-state index contributed by atoms with van der Waals surface area (Å²) in [5.41, 5.74) is 0.339. The molecule has 6 heteroatoms. The van der Waals surface area contributed by atoms with Crippen molar-refractivity contribution in [3.8, 4) is 0 Å². The Bertz CT molecular complexity index is 541. The Morgan fingerprint density at radius 1 is 1.31 bits per heavy atom. The molecule has 0 amide bonds. The first-order valence-corrected chi connectivity index (χ1v) is 6.65. The van der Waals surface area contributed by atoms with E-state index in [2.05, 4.69) is 4.72 Å². The van der Waals surface area contributed by atoms with Gasteiger partial charge in [-0.2, -0.15) is 0 Å². The summed E-state index contributed by atoms with van der Waals surface area (Å²) < 4.78 is 25.8. The van der Waals surface area contributed by atoms with E-state index in [0.717, 1.165) is 0 Å². The number of hydrogen-bond acceptors (Lipinski definition) is 3. The predicted molar refractivity (Wildman–Crippen MR) is 60.7 cm³/mol. The molecule has 16 heavy (non-hydrogen) atoms. The average molecular weight is 260 g/mol. The van der Waals surface area contributed by atoms with E-state index >= 15 is 0 Å². The molecule has 2 atom stereocenters. The molecule has 2 unspecified atom stereocenters. The molecule has 4 nitrogen and oxygen atoms in total. The summed E-state index contributed by atoms with van der Waals surface area (Å²) in [7, 11) is -3.64.